The van der Waals surface area contributed by atoms with Crippen molar-refractivity contribution in [1.29, 1.82) is 0 Å². The van der Waals surface area contributed by atoms with Crippen LogP contribution in [0.1, 0.15) is 63.5 Å². The number of hydrogen-bond acceptors (Lipinski definition) is 9. The fourth-order valence-electron chi connectivity index (χ4n) is 7.28. The van der Waals surface area contributed by atoms with Gasteiger partial charge in [-0.05, 0) is 76.0 Å². The number of ether oxygens (including phenoxy) is 1. The standard InChI is InChI=1S/C32H36F2N8O2/c1-19(21-10-23(11-21)39-30(43)32(34)6-7-32)42-15-31(16-42)8-9-41(14-31)28-29(40-38-18-37-28)44-26-5-4-22(33)12-24(26)25-13-35-17-36-27(25)20-2-3-20/h4-5,12-13,17-21,23H,2-3,6-11,14-16H2,1H3,(H,39,43)/t19-,21?,23?/m0/s1. The van der Waals surface area contributed by atoms with E-state index in [0.717, 1.165) is 69.5 Å². The van der Waals surface area contributed by atoms with Crippen LogP contribution in [0.4, 0.5) is 14.6 Å². The number of nitrogens with one attached hydrogen (secondary N) is 1. The second-order valence-corrected chi connectivity index (χ2v) is 13.6. The lowest BCUT2D eigenvalue weighted by Gasteiger charge is -2.54. The van der Waals surface area contributed by atoms with Crippen molar-refractivity contribution in [2.75, 3.05) is 31.1 Å². The summed E-state index contributed by atoms with van der Waals surface area (Å²) in [7, 11) is 0. The summed E-state index contributed by atoms with van der Waals surface area (Å²) >= 11 is 0. The van der Waals surface area contributed by atoms with Crippen molar-refractivity contribution in [2.24, 2.45) is 11.3 Å². The molecular weight excluding hydrogens is 566 g/mol. The number of anilines is 1. The van der Waals surface area contributed by atoms with Crippen LogP contribution in [0.5, 0.6) is 11.6 Å². The predicted octanol–water partition coefficient (Wildman–Crippen LogP) is 4.43. The normalized spacial score (nSPS) is 25.7. The molecule has 2 aliphatic heterocycles. The summed E-state index contributed by atoms with van der Waals surface area (Å²) in [6.07, 6.45) is 10.4. The minimum Gasteiger partial charge on any atom is -0.434 e. The summed E-state index contributed by atoms with van der Waals surface area (Å²) in [4.78, 5) is 30.1. The largest absolute Gasteiger partial charge is 0.434 e. The number of carbonyl (C=O) groups excluding carboxylic acids is 1. The van der Waals surface area contributed by atoms with Gasteiger partial charge in [0.05, 0.1) is 5.69 Å². The lowest BCUT2D eigenvalue weighted by molar-refractivity contribution is -0.129. The highest BCUT2D eigenvalue weighted by atomic mass is 19.1. The monoisotopic (exact) mass is 602 g/mol. The molecule has 2 aromatic heterocycles. The van der Waals surface area contributed by atoms with Crippen LogP contribution in [0.2, 0.25) is 0 Å². The first-order valence-electron chi connectivity index (χ1n) is 15.7. The van der Waals surface area contributed by atoms with E-state index >= 15 is 0 Å². The van der Waals surface area contributed by atoms with E-state index in [4.69, 9.17) is 4.74 Å². The predicted molar refractivity (Wildman–Crippen MR) is 157 cm³/mol. The van der Waals surface area contributed by atoms with Crippen molar-refractivity contribution in [3.8, 4) is 22.8 Å². The zero-order chi connectivity index (χ0) is 30.1. The lowest BCUT2D eigenvalue weighted by atomic mass is 9.71. The third-order valence-corrected chi connectivity index (χ3v) is 10.4. The molecule has 3 aliphatic carbocycles. The second-order valence-electron chi connectivity index (χ2n) is 13.6. The van der Waals surface area contributed by atoms with Crippen LogP contribution in [0.15, 0.2) is 37.1 Å². The number of benzene rings is 1. The topological polar surface area (TPSA) is 109 Å². The van der Waals surface area contributed by atoms with Gasteiger partial charge in [0.15, 0.2) is 11.5 Å². The van der Waals surface area contributed by atoms with E-state index in [1.54, 1.807) is 12.3 Å². The maximum atomic E-state index is 14.5. The van der Waals surface area contributed by atoms with E-state index in [1.165, 1.54) is 24.8 Å². The zero-order valence-electron chi connectivity index (χ0n) is 24.8. The van der Waals surface area contributed by atoms with Gasteiger partial charge < -0.3 is 15.0 Å². The van der Waals surface area contributed by atoms with Crippen LogP contribution in [-0.4, -0.2) is 79.9 Å². The van der Waals surface area contributed by atoms with Crippen molar-refractivity contribution in [3.05, 3.63) is 48.6 Å². The van der Waals surface area contributed by atoms with Gasteiger partial charge >= 0.3 is 0 Å². The first-order valence-corrected chi connectivity index (χ1v) is 15.7. The molecule has 0 bridgehead atoms. The molecule has 0 radical (unpaired) electrons. The van der Waals surface area contributed by atoms with E-state index in [0.29, 0.717) is 47.9 Å². The molecule has 3 aromatic rings. The molecule has 2 saturated heterocycles. The van der Waals surface area contributed by atoms with Crippen LogP contribution in [-0.2, 0) is 4.79 Å². The maximum Gasteiger partial charge on any atom is 0.282 e. The van der Waals surface area contributed by atoms with Crippen molar-refractivity contribution in [1.82, 2.24) is 35.4 Å². The molecular formula is C32H36F2N8O2. The minimum absolute atomic E-state index is 0.0976. The molecule has 1 N–H and O–H groups in total. The molecule has 1 aromatic carbocycles. The highest BCUT2D eigenvalue weighted by molar-refractivity contribution is 5.88. The molecule has 4 heterocycles. The summed E-state index contributed by atoms with van der Waals surface area (Å²) in [6.45, 7) is 5.93. The van der Waals surface area contributed by atoms with Crippen molar-refractivity contribution < 1.29 is 18.3 Å². The third kappa shape index (κ3) is 5.06. The Morgan fingerprint density at radius 1 is 1.09 bits per heavy atom. The SMILES string of the molecule is C[C@@H](C1CC(NC(=O)C2(F)CC2)C1)N1CC2(CCN(c3ncnnc3Oc3ccc(F)cc3-c3cncnc3C3CC3)C2)C1. The van der Waals surface area contributed by atoms with Gasteiger partial charge in [0.25, 0.3) is 11.8 Å². The van der Waals surface area contributed by atoms with Crippen LogP contribution in [0, 0.1) is 17.2 Å². The minimum atomic E-state index is -1.60. The van der Waals surface area contributed by atoms with E-state index in [1.807, 2.05) is 0 Å². The van der Waals surface area contributed by atoms with Gasteiger partial charge in [0.1, 0.15) is 24.2 Å². The van der Waals surface area contributed by atoms with Gasteiger partial charge in [-0.1, -0.05) is 0 Å². The van der Waals surface area contributed by atoms with Crippen LogP contribution in [0.25, 0.3) is 11.1 Å². The molecule has 0 unspecified atom stereocenters. The van der Waals surface area contributed by atoms with Crippen molar-refractivity contribution in [2.45, 2.75) is 75.5 Å². The Balaban J connectivity index is 0.923. The fraction of sp³-hybridized carbons (Fsp3) is 0.562. The summed E-state index contributed by atoms with van der Waals surface area (Å²) in [5.41, 5.74) is 0.826. The van der Waals surface area contributed by atoms with Gasteiger partial charge in [0, 0.05) is 66.9 Å². The molecule has 1 atom stereocenters. The van der Waals surface area contributed by atoms with E-state index < -0.39 is 11.6 Å². The summed E-state index contributed by atoms with van der Waals surface area (Å²) in [5, 5.41) is 11.2. The number of halogens is 2. The number of amides is 1. The second kappa shape index (κ2) is 10.4. The van der Waals surface area contributed by atoms with Crippen LogP contribution in [0.3, 0.4) is 0 Å². The van der Waals surface area contributed by atoms with Gasteiger partial charge in [-0.2, -0.15) is 0 Å². The Kier molecular flexibility index (Phi) is 6.55. The Morgan fingerprint density at radius 2 is 1.91 bits per heavy atom. The molecule has 3 saturated carbocycles. The van der Waals surface area contributed by atoms with Crippen LogP contribution >= 0.6 is 0 Å². The molecule has 230 valence electrons. The Bertz CT molecular complexity index is 1590. The van der Waals surface area contributed by atoms with Gasteiger partial charge in [-0.25, -0.2) is 23.7 Å². The van der Waals surface area contributed by atoms with Gasteiger partial charge in [-0.15, -0.1) is 10.2 Å². The van der Waals surface area contributed by atoms with E-state index in [-0.39, 0.29) is 23.2 Å². The Hall–Kier alpha value is -3.80. The number of alkyl halides is 1. The maximum absolute atomic E-state index is 14.5. The van der Waals surface area contributed by atoms with Gasteiger partial charge in [-0.3, -0.25) is 9.69 Å². The number of carbonyl (C=O) groups is 1. The summed E-state index contributed by atoms with van der Waals surface area (Å²) in [5.74, 6) is 1.45. The summed E-state index contributed by atoms with van der Waals surface area (Å²) < 4.78 is 34.8. The van der Waals surface area contributed by atoms with Crippen LogP contribution < -0.4 is 15.0 Å². The zero-order valence-corrected chi connectivity index (χ0v) is 24.8. The molecule has 5 aliphatic rings. The Morgan fingerprint density at radius 3 is 2.68 bits per heavy atom. The van der Waals surface area contributed by atoms with E-state index in [2.05, 4.69) is 47.2 Å². The molecule has 12 heteroatoms. The number of rotatable bonds is 9. The molecule has 10 nitrogen and oxygen atoms in total. The number of likely N-dealkylation sites (tertiary alicyclic amines) is 1. The van der Waals surface area contributed by atoms with Crippen molar-refractivity contribution in [3.63, 3.8) is 0 Å². The third-order valence-electron chi connectivity index (χ3n) is 10.4. The first kappa shape index (κ1) is 27.7. The Labute approximate surface area is 254 Å². The first-order chi connectivity index (χ1) is 21.3. The molecule has 44 heavy (non-hydrogen) atoms. The smallest absolute Gasteiger partial charge is 0.282 e. The molecule has 5 fully saturated rings. The fourth-order valence-corrected chi connectivity index (χ4v) is 7.28. The molecule has 8 rings (SSSR count). The quantitative estimate of drug-likeness (QED) is 0.380. The molecule has 1 spiro atoms. The van der Waals surface area contributed by atoms with E-state index in [9.17, 15) is 13.6 Å². The highest BCUT2D eigenvalue weighted by Gasteiger charge is 2.54. The number of hydrogen-bond donors (Lipinski definition) is 1. The van der Waals surface area contributed by atoms with Gasteiger partial charge in [0.2, 0.25) is 0 Å². The average molecular weight is 603 g/mol. The number of nitrogens with zero attached hydrogens (tertiary/aromatic N) is 7. The van der Waals surface area contributed by atoms with Crippen molar-refractivity contribution >= 4 is 11.7 Å². The lowest BCUT2D eigenvalue weighted by Crippen LogP contribution is -2.63. The summed E-state index contributed by atoms with van der Waals surface area (Å²) in [6, 6.07) is 4.96. The average Bonchev–Trinajstić information content (AvgIpc) is 3.93. The molecule has 1 amide bonds. The highest BCUT2D eigenvalue weighted by Crippen LogP contribution is 2.48. The number of aromatic nitrogens is 5.